The molecule has 0 rings (SSSR count). The molecule has 0 bridgehead atoms. The average Bonchev–Trinajstić information content (AvgIpc) is 1.63. The van der Waals surface area contributed by atoms with E-state index in [9.17, 15) is 0 Å². The van der Waals surface area contributed by atoms with Gasteiger partial charge in [0.2, 0.25) is 0 Å². The van der Waals surface area contributed by atoms with Crippen LogP contribution in [0, 0.1) is 12.3 Å². The lowest BCUT2D eigenvalue weighted by Gasteiger charge is -2.19. The topological polar surface area (TPSA) is 12.0 Å². The van der Waals surface area contributed by atoms with E-state index in [1.165, 1.54) is 0 Å². The first kappa shape index (κ1) is 12.2. The Bertz CT molecular complexity index is 103. The fraction of sp³-hybridized carbons (Fsp3) is 0.778. The summed E-state index contributed by atoms with van der Waals surface area (Å²) in [6, 6.07) is 0. The molecule has 0 atom stereocenters. The Hall–Kier alpha value is -0.480. The number of rotatable bonds is 2. The second-order valence-corrected chi connectivity index (χ2v) is 3.13. The fourth-order valence-electron chi connectivity index (χ4n) is 0.510. The van der Waals surface area contributed by atoms with Crippen molar-refractivity contribution in [1.29, 1.82) is 0 Å². The molecule has 0 saturated carbocycles. The highest BCUT2D eigenvalue weighted by Gasteiger charge is 2.05. The molecule has 0 aromatic carbocycles. The van der Waals surface area contributed by atoms with Crippen molar-refractivity contribution in [2.75, 3.05) is 6.54 Å². The first-order valence-electron chi connectivity index (χ1n) is 3.25. The quantitative estimate of drug-likeness (QED) is 0.458. The van der Waals surface area contributed by atoms with Crippen LogP contribution in [0.1, 0.15) is 34.6 Å². The highest BCUT2D eigenvalue weighted by atomic mass is 14.9. The minimum absolute atomic E-state index is 0. The van der Waals surface area contributed by atoms with Gasteiger partial charge in [-0.15, -0.1) is 12.3 Å². The normalized spacial score (nSPS) is 9.80. The third kappa shape index (κ3) is 10.5. The van der Waals surface area contributed by atoms with Crippen LogP contribution in [0.5, 0.6) is 0 Å². The van der Waals surface area contributed by atoms with E-state index in [0.29, 0.717) is 0 Å². The van der Waals surface area contributed by atoms with Gasteiger partial charge in [-0.25, -0.2) is 0 Å². The minimum Gasteiger partial charge on any atom is -0.311 e. The van der Waals surface area contributed by atoms with Crippen LogP contribution in [0.4, 0.5) is 0 Å². The Kier molecular flexibility index (Phi) is 6.50. The summed E-state index contributed by atoms with van der Waals surface area (Å²) in [4.78, 5) is 0. The summed E-state index contributed by atoms with van der Waals surface area (Å²) in [7, 11) is 0. The zero-order valence-electron chi connectivity index (χ0n) is 6.49. The van der Waals surface area contributed by atoms with Gasteiger partial charge in [-0.2, -0.15) is 0 Å². The Labute approximate surface area is 65.2 Å². The van der Waals surface area contributed by atoms with Crippen molar-refractivity contribution in [3.05, 3.63) is 0 Å². The van der Waals surface area contributed by atoms with Crippen LogP contribution in [-0.4, -0.2) is 12.1 Å². The minimum atomic E-state index is 0. The van der Waals surface area contributed by atoms with Gasteiger partial charge in [-0.3, -0.25) is 0 Å². The van der Waals surface area contributed by atoms with Crippen molar-refractivity contribution in [3.8, 4) is 12.3 Å². The van der Waals surface area contributed by atoms with Crippen molar-refractivity contribution in [2.24, 2.45) is 0 Å². The molecule has 0 aromatic heterocycles. The predicted molar refractivity (Wildman–Crippen MR) is 47.9 cm³/mol. The van der Waals surface area contributed by atoms with E-state index in [2.05, 4.69) is 32.0 Å². The number of terminal acetylenes is 1. The van der Waals surface area contributed by atoms with Gasteiger partial charge in [0, 0.05) is 18.5 Å². The fourth-order valence-corrected chi connectivity index (χ4v) is 0.510. The second kappa shape index (κ2) is 5.32. The molecule has 0 aromatic rings. The summed E-state index contributed by atoms with van der Waals surface area (Å²) >= 11 is 0. The third-order valence-electron chi connectivity index (χ3n) is 0.925. The lowest BCUT2D eigenvalue weighted by molar-refractivity contribution is 0.432. The molecule has 0 aliphatic heterocycles. The van der Waals surface area contributed by atoms with Gasteiger partial charge in [-0.05, 0) is 20.8 Å². The maximum Gasteiger partial charge on any atom is 0.0212 e. The standard InChI is InChI=1S/C8H15N.CH4/c1-5-6-7-9-8(2,3)4;/h1,9H,6-7H2,2-4H3;1H4. The van der Waals surface area contributed by atoms with Gasteiger partial charge < -0.3 is 5.32 Å². The van der Waals surface area contributed by atoms with Gasteiger partial charge in [-0.1, -0.05) is 7.43 Å². The highest BCUT2D eigenvalue weighted by Crippen LogP contribution is 1.96. The van der Waals surface area contributed by atoms with E-state index in [4.69, 9.17) is 6.42 Å². The van der Waals surface area contributed by atoms with E-state index in [1.807, 2.05) is 0 Å². The summed E-state index contributed by atoms with van der Waals surface area (Å²) in [6.45, 7) is 7.30. The van der Waals surface area contributed by atoms with Crippen LogP contribution < -0.4 is 5.32 Å². The lowest BCUT2D eigenvalue weighted by atomic mass is 10.1. The molecule has 0 heterocycles. The van der Waals surface area contributed by atoms with Gasteiger partial charge in [0.25, 0.3) is 0 Å². The van der Waals surface area contributed by atoms with Crippen LogP contribution in [-0.2, 0) is 0 Å². The van der Waals surface area contributed by atoms with Crippen LogP contribution >= 0.6 is 0 Å². The summed E-state index contributed by atoms with van der Waals surface area (Å²) < 4.78 is 0. The molecule has 0 amide bonds. The largest absolute Gasteiger partial charge is 0.311 e. The molecule has 60 valence electrons. The van der Waals surface area contributed by atoms with Crippen LogP contribution in [0.25, 0.3) is 0 Å². The smallest absolute Gasteiger partial charge is 0.0212 e. The molecule has 0 unspecified atom stereocenters. The zero-order chi connectivity index (χ0) is 7.33. The van der Waals surface area contributed by atoms with Gasteiger partial charge in [0.15, 0.2) is 0 Å². The van der Waals surface area contributed by atoms with E-state index >= 15 is 0 Å². The molecular formula is C9H19N. The number of hydrogen-bond donors (Lipinski definition) is 1. The Morgan fingerprint density at radius 2 is 1.90 bits per heavy atom. The Morgan fingerprint density at radius 1 is 1.40 bits per heavy atom. The van der Waals surface area contributed by atoms with E-state index in [-0.39, 0.29) is 13.0 Å². The maximum atomic E-state index is 5.07. The monoisotopic (exact) mass is 141 g/mol. The molecule has 0 saturated heterocycles. The summed E-state index contributed by atoms with van der Waals surface area (Å²) in [5, 5.41) is 3.28. The molecule has 1 heteroatoms. The molecular weight excluding hydrogens is 122 g/mol. The third-order valence-corrected chi connectivity index (χ3v) is 0.925. The molecule has 0 fully saturated rings. The predicted octanol–water partition coefficient (Wildman–Crippen LogP) is 2.03. The molecule has 0 aliphatic rings. The van der Waals surface area contributed by atoms with Gasteiger partial charge in [0.05, 0.1) is 0 Å². The van der Waals surface area contributed by atoms with Crippen molar-refractivity contribution in [3.63, 3.8) is 0 Å². The lowest BCUT2D eigenvalue weighted by Crippen LogP contribution is -2.36. The van der Waals surface area contributed by atoms with Crippen molar-refractivity contribution >= 4 is 0 Å². The summed E-state index contributed by atoms with van der Waals surface area (Å²) in [5.74, 6) is 2.58. The van der Waals surface area contributed by atoms with Crippen molar-refractivity contribution in [2.45, 2.75) is 40.2 Å². The molecule has 10 heavy (non-hydrogen) atoms. The first-order valence-corrected chi connectivity index (χ1v) is 3.25. The summed E-state index contributed by atoms with van der Waals surface area (Å²) in [6.07, 6.45) is 5.88. The molecule has 0 spiro atoms. The molecule has 1 nitrogen and oxygen atoms in total. The average molecular weight is 141 g/mol. The molecule has 0 aliphatic carbocycles. The molecule has 0 radical (unpaired) electrons. The van der Waals surface area contributed by atoms with Gasteiger partial charge >= 0.3 is 0 Å². The number of nitrogens with one attached hydrogen (secondary N) is 1. The van der Waals surface area contributed by atoms with Crippen LogP contribution in [0.3, 0.4) is 0 Å². The van der Waals surface area contributed by atoms with E-state index in [0.717, 1.165) is 13.0 Å². The maximum absolute atomic E-state index is 5.07. The van der Waals surface area contributed by atoms with Crippen LogP contribution in [0.2, 0.25) is 0 Å². The summed E-state index contributed by atoms with van der Waals surface area (Å²) in [5.41, 5.74) is 0.205. The number of hydrogen-bond acceptors (Lipinski definition) is 1. The Balaban J connectivity index is 0. The zero-order valence-corrected chi connectivity index (χ0v) is 6.49. The van der Waals surface area contributed by atoms with Crippen LogP contribution in [0.15, 0.2) is 0 Å². The Morgan fingerprint density at radius 3 is 2.20 bits per heavy atom. The van der Waals surface area contributed by atoms with Gasteiger partial charge in [0.1, 0.15) is 0 Å². The SMILES string of the molecule is C.C#CCCNC(C)(C)C. The second-order valence-electron chi connectivity index (χ2n) is 3.13. The highest BCUT2D eigenvalue weighted by molar-refractivity contribution is 4.85. The molecule has 1 N–H and O–H groups in total. The van der Waals surface area contributed by atoms with E-state index in [1.54, 1.807) is 0 Å². The van der Waals surface area contributed by atoms with Crippen molar-refractivity contribution < 1.29 is 0 Å². The van der Waals surface area contributed by atoms with Crippen molar-refractivity contribution in [1.82, 2.24) is 5.32 Å². The first-order chi connectivity index (χ1) is 4.06. The van der Waals surface area contributed by atoms with E-state index < -0.39 is 0 Å².